The van der Waals surface area contributed by atoms with Crippen LogP contribution in [0.2, 0.25) is 5.02 Å². The van der Waals surface area contributed by atoms with E-state index < -0.39 is 0 Å². The van der Waals surface area contributed by atoms with Gasteiger partial charge in [0.2, 0.25) is 0 Å². The van der Waals surface area contributed by atoms with Crippen LogP contribution in [0.5, 0.6) is 0 Å². The molecule has 0 amide bonds. The summed E-state index contributed by atoms with van der Waals surface area (Å²) < 4.78 is 0. The van der Waals surface area contributed by atoms with Crippen LogP contribution < -0.4 is 5.32 Å². The largest absolute Gasteiger partial charge is 0.340 e. The number of halogens is 2. The fraction of sp³-hybridized carbons (Fsp3) is 0.125. The maximum absolute atomic E-state index is 6.00. The average molecular weight is 320 g/mol. The first-order valence-corrected chi connectivity index (χ1v) is 6.76. The number of rotatable bonds is 2. The van der Waals surface area contributed by atoms with E-state index in [4.69, 9.17) is 11.6 Å². The maximum Gasteiger partial charge on any atom is 0.141 e. The molecule has 0 saturated carbocycles. The van der Waals surface area contributed by atoms with Crippen LogP contribution in [0.4, 0.5) is 11.5 Å². The topological polar surface area (TPSA) is 37.8 Å². The van der Waals surface area contributed by atoms with Crippen molar-refractivity contribution in [1.82, 2.24) is 9.97 Å². The molecule has 0 spiro atoms. The highest BCUT2D eigenvalue weighted by atomic mass is 35.5. The highest BCUT2D eigenvalue weighted by molar-refractivity contribution is 6.30. The fourth-order valence-electron chi connectivity index (χ4n) is 2.12. The van der Waals surface area contributed by atoms with Gasteiger partial charge in [-0.2, -0.15) is 0 Å². The molecule has 0 radical (unpaired) electrons. The van der Waals surface area contributed by atoms with Gasteiger partial charge in [-0.3, -0.25) is 0 Å². The Kier molecular flexibility index (Phi) is 4.66. The molecule has 21 heavy (non-hydrogen) atoms. The summed E-state index contributed by atoms with van der Waals surface area (Å²) in [5.74, 6) is 0.792. The molecule has 2 aromatic carbocycles. The van der Waals surface area contributed by atoms with Crippen LogP contribution in [-0.4, -0.2) is 9.97 Å². The van der Waals surface area contributed by atoms with Crippen molar-refractivity contribution < 1.29 is 0 Å². The lowest BCUT2D eigenvalue weighted by Crippen LogP contribution is -1.97. The molecule has 0 fully saturated rings. The highest BCUT2D eigenvalue weighted by Crippen LogP contribution is 2.26. The highest BCUT2D eigenvalue weighted by Gasteiger charge is 2.06. The summed E-state index contributed by atoms with van der Waals surface area (Å²) in [5.41, 5.74) is 4.30. The first-order chi connectivity index (χ1) is 9.63. The van der Waals surface area contributed by atoms with E-state index in [9.17, 15) is 0 Å². The molecule has 108 valence electrons. The minimum absolute atomic E-state index is 0. The van der Waals surface area contributed by atoms with Crippen LogP contribution in [0.25, 0.3) is 10.9 Å². The number of nitrogens with one attached hydrogen (secondary N) is 1. The first-order valence-electron chi connectivity index (χ1n) is 6.38. The van der Waals surface area contributed by atoms with Gasteiger partial charge in [0.1, 0.15) is 12.1 Å². The molecule has 0 aliphatic rings. The van der Waals surface area contributed by atoms with Crippen molar-refractivity contribution in [1.29, 1.82) is 0 Å². The van der Waals surface area contributed by atoms with Crippen molar-refractivity contribution in [3.63, 3.8) is 0 Å². The molecule has 1 N–H and O–H groups in total. The Hall–Kier alpha value is -1.84. The SMILES string of the molecule is Cc1cc2ncnc(Nc3cccc(Cl)c3)c2cc1C.Cl. The van der Waals surface area contributed by atoms with Crippen molar-refractivity contribution in [2.24, 2.45) is 0 Å². The fourth-order valence-corrected chi connectivity index (χ4v) is 2.31. The molecule has 3 nitrogen and oxygen atoms in total. The Balaban J connectivity index is 0.00000161. The van der Waals surface area contributed by atoms with E-state index in [2.05, 4.69) is 41.3 Å². The Morgan fingerprint density at radius 1 is 1.00 bits per heavy atom. The quantitative estimate of drug-likeness (QED) is 0.717. The Labute approximate surface area is 134 Å². The number of hydrogen-bond donors (Lipinski definition) is 1. The van der Waals surface area contributed by atoms with Gasteiger partial charge in [0.25, 0.3) is 0 Å². The lowest BCUT2D eigenvalue weighted by atomic mass is 10.1. The Morgan fingerprint density at radius 3 is 2.52 bits per heavy atom. The number of aryl methyl sites for hydroxylation is 2. The number of anilines is 2. The third-order valence-corrected chi connectivity index (χ3v) is 3.57. The van der Waals surface area contributed by atoms with Gasteiger partial charge in [-0.15, -0.1) is 12.4 Å². The second kappa shape index (κ2) is 6.29. The minimum Gasteiger partial charge on any atom is -0.340 e. The molecule has 3 aromatic rings. The van der Waals surface area contributed by atoms with Crippen LogP contribution in [0.3, 0.4) is 0 Å². The third-order valence-electron chi connectivity index (χ3n) is 3.34. The zero-order valence-electron chi connectivity index (χ0n) is 11.7. The maximum atomic E-state index is 6.00. The number of hydrogen-bond acceptors (Lipinski definition) is 3. The number of aromatic nitrogens is 2. The predicted molar refractivity (Wildman–Crippen MR) is 91.0 cm³/mol. The van der Waals surface area contributed by atoms with E-state index in [-0.39, 0.29) is 12.4 Å². The summed E-state index contributed by atoms with van der Waals surface area (Å²) in [4.78, 5) is 8.66. The number of benzene rings is 2. The monoisotopic (exact) mass is 319 g/mol. The zero-order valence-corrected chi connectivity index (χ0v) is 13.3. The van der Waals surface area contributed by atoms with Crippen molar-refractivity contribution in [2.75, 3.05) is 5.32 Å². The van der Waals surface area contributed by atoms with E-state index >= 15 is 0 Å². The molecule has 0 atom stereocenters. The van der Waals surface area contributed by atoms with Crippen LogP contribution in [0, 0.1) is 13.8 Å². The van der Waals surface area contributed by atoms with E-state index in [0.29, 0.717) is 5.02 Å². The van der Waals surface area contributed by atoms with Crippen molar-refractivity contribution in [2.45, 2.75) is 13.8 Å². The molecule has 0 saturated heterocycles. The molecule has 0 aliphatic carbocycles. The van der Waals surface area contributed by atoms with Gasteiger partial charge < -0.3 is 5.32 Å². The second-order valence-corrected chi connectivity index (χ2v) is 5.25. The molecule has 3 rings (SSSR count). The molecule has 5 heteroatoms. The van der Waals surface area contributed by atoms with Gasteiger partial charge in [-0.1, -0.05) is 17.7 Å². The van der Waals surface area contributed by atoms with Crippen LogP contribution >= 0.6 is 24.0 Å². The van der Waals surface area contributed by atoms with E-state index in [1.54, 1.807) is 6.33 Å². The predicted octanol–water partition coefficient (Wildman–Crippen LogP) is 5.07. The molecular formula is C16H15Cl2N3. The Morgan fingerprint density at radius 2 is 1.76 bits per heavy atom. The second-order valence-electron chi connectivity index (χ2n) is 4.81. The number of nitrogens with zero attached hydrogens (tertiary/aromatic N) is 2. The van der Waals surface area contributed by atoms with Gasteiger partial charge in [0, 0.05) is 16.1 Å². The molecular weight excluding hydrogens is 305 g/mol. The van der Waals surface area contributed by atoms with Crippen LogP contribution in [-0.2, 0) is 0 Å². The van der Waals surface area contributed by atoms with E-state index in [0.717, 1.165) is 22.4 Å². The van der Waals surface area contributed by atoms with Crippen molar-refractivity contribution in [3.05, 3.63) is 58.9 Å². The first kappa shape index (κ1) is 15.5. The average Bonchev–Trinajstić information content (AvgIpc) is 2.41. The van der Waals surface area contributed by atoms with Gasteiger partial charge in [-0.25, -0.2) is 9.97 Å². The lowest BCUT2D eigenvalue weighted by Gasteiger charge is -2.10. The summed E-state index contributed by atoms with van der Waals surface area (Å²) in [5, 5.41) is 5.00. The van der Waals surface area contributed by atoms with E-state index in [1.165, 1.54) is 11.1 Å². The van der Waals surface area contributed by atoms with Gasteiger partial charge in [0.05, 0.1) is 5.52 Å². The minimum atomic E-state index is 0. The van der Waals surface area contributed by atoms with Gasteiger partial charge in [-0.05, 0) is 55.3 Å². The normalized spacial score (nSPS) is 10.2. The summed E-state index contributed by atoms with van der Waals surface area (Å²) in [7, 11) is 0. The lowest BCUT2D eigenvalue weighted by molar-refractivity contribution is 1.21. The molecule has 0 aliphatic heterocycles. The van der Waals surface area contributed by atoms with Gasteiger partial charge in [0.15, 0.2) is 0 Å². The third kappa shape index (κ3) is 3.26. The summed E-state index contributed by atoms with van der Waals surface area (Å²) in [6, 6.07) is 11.8. The molecule has 1 heterocycles. The summed E-state index contributed by atoms with van der Waals surface area (Å²) in [6.07, 6.45) is 1.57. The van der Waals surface area contributed by atoms with E-state index in [1.807, 2.05) is 24.3 Å². The van der Waals surface area contributed by atoms with Crippen LogP contribution in [0.15, 0.2) is 42.7 Å². The number of fused-ring (bicyclic) bond motifs is 1. The van der Waals surface area contributed by atoms with Gasteiger partial charge >= 0.3 is 0 Å². The molecule has 1 aromatic heterocycles. The van der Waals surface area contributed by atoms with Crippen molar-refractivity contribution >= 4 is 46.4 Å². The summed E-state index contributed by atoms with van der Waals surface area (Å²) >= 11 is 6.00. The Bertz CT molecular complexity index is 788. The standard InChI is InChI=1S/C16H14ClN3.ClH/c1-10-6-14-15(7-11(10)2)18-9-19-16(14)20-13-5-3-4-12(17)8-13;/h3-9H,1-2H3,(H,18,19,20);1H. The summed E-state index contributed by atoms with van der Waals surface area (Å²) in [6.45, 7) is 4.17. The zero-order chi connectivity index (χ0) is 14.1. The van der Waals surface area contributed by atoms with Crippen LogP contribution in [0.1, 0.15) is 11.1 Å². The molecule has 0 unspecified atom stereocenters. The van der Waals surface area contributed by atoms with Crippen molar-refractivity contribution in [3.8, 4) is 0 Å². The molecule has 0 bridgehead atoms. The smallest absolute Gasteiger partial charge is 0.141 e.